The molecule has 1 aliphatic rings. The Morgan fingerprint density at radius 3 is 3.00 bits per heavy atom. The van der Waals surface area contributed by atoms with Crippen LogP contribution in [0.25, 0.3) is 0 Å². The van der Waals surface area contributed by atoms with Gasteiger partial charge in [0, 0.05) is 6.42 Å². The SMILES string of the molecule is O=C1CCCOc2c1ccc(F)c2Cl. The highest BCUT2D eigenvalue weighted by atomic mass is 35.5. The quantitative estimate of drug-likeness (QED) is 0.664. The molecule has 4 heteroatoms. The van der Waals surface area contributed by atoms with Crippen molar-refractivity contribution in [2.75, 3.05) is 6.61 Å². The Balaban J connectivity index is 2.58. The van der Waals surface area contributed by atoms with Gasteiger partial charge in [-0.15, -0.1) is 0 Å². The highest BCUT2D eigenvalue weighted by molar-refractivity contribution is 6.32. The van der Waals surface area contributed by atoms with Crippen LogP contribution in [0.4, 0.5) is 4.39 Å². The fourth-order valence-electron chi connectivity index (χ4n) is 1.43. The molecule has 1 aromatic carbocycles. The highest BCUT2D eigenvalue weighted by Gasteiger charge is 2.21. The van der Waals surface area contributed by atoms with Crippen molar-refractivity contribution in [2.24, 2.45) is 0 Å². The van der Waals surface area contributed by atoms with E-state index < -0.39 is 5.82 Å². The Morgan fingerprint density at radius 1 is 1.43 bits per heavy atom. The summed E-state index contributed by atoms with van der Waals surface area (Å²) in [6.07, 6.45) is 1.07. The zero-order valence-electron chi connectivity index (χ0n) is 7.35. The molecule has 1 aromatic rings. The fourth-order valence-corrected chi connectivity index (χ4v) is 1.65. The first-order valence-electron chi connectivity index (χ1n) is 4.34. The predicted molar refractivity (Wildman–Crippen MR) is 50.5 cm³/mol. The summed E-state index contributed by atoms with van der Waals surface area (Å²) >= 11 is 5.70. The second-order valence-electron chi connectivity index (χ2n) is 3.11. The number of rotatable bonds is 0. The number of fused-ring (bicyclic) bond motifs is 1. The first-order chi connectivity index (χ1) is 6.70. The molecule has 14 heavy (non-hydrogen) atoms. The van der Waals surface area contributed by atoms with Crippen LogP contribution in [-0.2, 0) is 0 Å². The van der Waals surface area contributed by atoms with Gasteiger partial charge in [0.15, 0.2) is 11.5 Å². The third kappa shape index (κ3) is 1.48. The standard InChI is InChI=1S/C10H8ClFO2/c11-9-7(12)4-3-6-8(13)2-1-5-14-10(6)9/h3-4H,1-2,5H2. The van der Waals surface area contributed by atoms with E-state index in [1.807, 2.05) is 0 Å². The van der Waals surface area contributed by atoms with Crippen LogP contribution in [0.15, 0.2) is 12.1 Å². The second-order valence-corrected chi connectivity index (χ2v) is 3.49. The van der Waals surface area contributed by atoms with E-state index in [4.69, 9.17) is 16.3 Å². The maximum absolute atomic E-state index is 13.0. The average Bonchev–Trinajstić information content (AvgIpc) is 2.35. The molecular weight excluding hydrogens is 207 g/mol. The molecule has 0 saturated heterocycles. The lowest BCUT2D eigenvalue weighted by Crippen LogP contribution is -1.99. The third-order valence-corrected chi connectivity index (χ3v) is 2.50. The van der Waals surface area contributed by atoms with Crippen LogP contribution in [-0.4, -0.2) is 12.4 Å². The maximum atomic E-state index is 13.0. The molecule has 0 bridgehead atoms. The molecule has 0 aliphatic carbocycles. The van der Waals surface area contributed by atoms with Crippen molar-refractivity contribution in [3.05, 3.63) is 28.5 Å². The number of Topliss-reactive ketones (excluding diaryl/α,β-unsaturated/α-hetero) is 1. The van der Waals surface area contributed by atoms with E-state index >= 15 is 0 Å². The fraction of sp³-hybridized carbons (Fsp3) is 0.300. The van der Waals surface area contributed by atoms with Crippen LogP contribution >= 0.6 is 11.6 Å². The lowest BCUT2D eigenvalue weighted by molar-refractivity contribution is 0.0983. The minimum Gasteiger partial charge on any atom is -0.491 e. The van der Waals surface area contributed by atoms with Crippen molar-refractivity contribution in [2.45, 2.75) is 12.8 Å². The van der Waals surface area contributed by atoms with Gasteiger partial charge in [0.05, 0.1) is 12.2 Å². The average molecular weight is 215 g/mol. The van der Waals surface area contributed by atoms with Crippen LogP contribution in [0, 0.1) is 5.82 Å². The minimum atomic E-state index is -0.555. The molecule has 74 valence electrons. The molecule has 0 fully saturated rings. The first kappa shape index (κ1) is 9.46. The smallest absolute Gasteiger partial charge is 0.166 e. The summed E-state index contributed by atoms with van der Waals surface area (Å²) in [5.41, 5.74) is 0.383. The molecule has 0 radical (unpaired) electrons. The number of halogens is 2. The normalized spacial score (nSPS) is 15.7. The molecule has 0 amide bonds. The summed E-state index contributed by atoms with van der Waals surface area (Å²) < 4.78 is 18.3. The van der Waals surface area contributed by atoms with E-state index in [0.717, 1.165) is 0 Å². The van der Waals surface area contributed by atoms with E-state index in [1.54, 1.807) is 0 Å². The Hall–Kier alpha value is -1.09. The molecule has 1 aliphatic heterocycles. The number of ether oxygens (including phenoxy) is 1. The Morgan fingerprint density at radius 2 is 2.21 bits per heavy atom. The summed E-state index contributed by atoms with van der Waals surface area (Å²) in [5, 5.41) is -0.0993. The molecule has 0 saturated carbocycles. The van der Waals surface area contributed by atoms with Gasteiger partial charge in [0.2, 0.25) is 0 Å². The summed E-state index contributed by atoms with van der Waals surface area (Å²) in [4.78, 5) is 11.5. The molecule has 2 rings (SSSR count). The number of hydrogen-bond acceptors (Lipinski definition) is 2. The molecule has 0 aromatic heterocycles. The zero-order valence-corrected chi connectivity index (χ0v) is 8.10. The van der Waals surface area contributed by atoms with Crippen molar-refractivity contribution in [1.29, 1.82) is 0 Å². The molecule has 0 atom stereocenters. The molecule has 0 unspecified atom stereocenters. The summed E-state index contributed by atoms with van der Waals surface area (Å²) in [5.74, 6) is -0.409. The van der Waals surface area contributed by atoms with Gasteiger partial charge in [-0.1, -0.05) is 11.6 Å². The van der Waals surface area contributed by atoms with Crippen molar-refractivity contribution in [3.8, 4) is 5.75 Å². The van der Waals surface area contributed by atoms with E-state index in [-0.39, 0.29) is 16.6 Å². The van der Waals surface area contributed by atoms with Gasteiger partial charge in [-0.25, -0.2) is 4.39 Å². The summed E-state index contributed by atoms with van der Waals surface area (Å²) in [6.45, 7) is 0.405. The van der Waals surface area contributed by atoms with E-state index in [0.29, 0.717) is 25.0 Å². The number of carbonyl (C=O) groups is 1. The van der Waals surface area contributed by atoms with Gasteiger partial charge < -0.3 is 4.74 Å². The molecule has 2 nitrogen and oxygen atoms in total. The molecular formula is C10H8ClFO2. The van der Waals surface area contributed by atoms with E-state index in [9.17, 15) is 9.18 Å². The first-order valence-corrected chi connectivity index (χ1v) is 4.72. The van der Waals surface area contributed by atoms with Gasteiger partial charge in [0.25, 0.3) is 0 Å². The largest absolute Gasteiger partial charge is 0.491 e. The van der Waals surface area contributed by atoms with Gasteiger partial charge in [-0.2, -0.15) is 0 Å². The topological polar surface area (TPSA) is 26.3 Å². The van der Waals surface area contributed by atoms with Crippen molar-refractivity contribution in [1.82, 2.24) is 0 Å². The van der Waals surface area contributed by atoms with Crippen LogP contribution in [0.1, 0.15) is 23.2 Å². The molecule has 1 heterocycles. The Labute approximate surface area is 85.6 Å². The lowest BCUT2D eigenvalue weighted by atomic mass is 10.1. The minimum absolute atomic E-state index is 0.0422. The lowest BCUT2D eigenvalue weighted by Gasteiger charge is -2.08. The van der Waals surface area contributed by atoms with Crippen molar-refractivity contribution in [3.63, 3.8) is 0 Å². The van der Waals surface area contributed by atoms with Crippen LogP contribution < -0.4 is 4.74 Å². The van der Waals surface area contributed by atoms with Gasteiger partial charge in [-0.05, 0) is 18.6 Å². The second kappa shape index (κ2) is 3.58. The van der Waals surface area contributed by atoms with Crippen LogP contribution in [0.5, 0.6) is 5.75 Å². The Bertz CT molecular complexity index is 390. The number of hydrogen-bond donors (Lipinski definition) is 0. The number of benzene rings is 1. The zero-order chi connectivity index (χ0) is 10.1. The number of carbonyl (C=O) groups excluding carboxylic acids is 1. The van der Waals surface area contributed by atoms with E-state index in [2.05, 4.69) is 0 Å². The van der Waals surface area contributed by atoms with E-state index in [1.165, 1.54) is 12.1 Å². The van der Waals surface area contributed by atoms with Gasteiger partial charge in [0.1, 0.15) is 10.8 Å². The van der Waals surface area contributed by atoms with Crippen LogP contribution in [0.3, 0.4) is 0 Å². The molecule has 0 spiro atoms. The van der Waals surface area contributed by atoms with Crippen molar-refractivity contribution < 1.29 is 13.9 Å². The van der Waals surface area contributed by atoms with Gasteiger partial charge >= 0.3 is 0 Å². The van der Waals surface area contributed by atoms with Crippen molar-refractivity contribution >= 4 is 17.4 Å². The maximum Gasteiger partial charge on any atom is 0.166 e. The predicted octanol–water partition coefficient (Wildman–Crippen LogP) is 2.83. The van der Waals surface area contributed by atoms with Crippen LogP contribution in [0.2, 0.25) is 5.02 Å². The highest BCUT2D eigenvalue weighted by Crippen LogP contribution is 2.33. The van der Waals surface area contributed by atoms with Gasteiger partial charge in [-0.3, -0.25) is 4.79 Å². The summed E-state index contributed by atoms with van der Waals surface area (Å²) in [6, 6.07) is 2.61. The monoisotopic (exact) mass is 214 g/mol. The third-order valence-electron chi connectivity index (χ3n) is 2.14. The number of ketones is 1. The Kier molecular flexibility index (Phi) is 2.42. The summed E-state index contributed by atoms with van der Waals surface area (Å²) in [7, 11) is 0. The molecule has 0 N–H and O–H groups in total.